The van der Waals surface area contributed by atoms with Crippen LogP contribution in [0.3, 0.4) is 0 Å². The molecule has 0 fully saturated rings. The molecule has 0 spiro atoms. The smallest absolute Gasteiger partial charge is 0.303 e. The van der Waals surface area contributed by atoms with Gasteiger partial charge in [-0.2, -0.15) is 0 Å². The highest BCUT2D eigenvalue weighted by Crippen LogP contribution is 2.38. The summed E-state index contributed by atoms with van der Waals surface area (Å²) in [6, 6.07) is 53.5. The number of nitrogens with zero attached hydrogens (tertiary/aromatic N) is 2. The Morgan fingerprint density at radius 2 is 0.646 bits per heavy atom. The van der Waals surface area contributed by atoms with Crippen LogP contribution in [0.2, 0.25) is 0 Å². The van der Waals surface area contributed by atoms with Gasteiger partial charge in [0.2, 0.25) is 0 Å². The predicted molar refractivity (Wildman–Crippen MR) is 193 cm³/mol. The number of carboxylic acid groups (broad SMARTS) is 2. The maximum Gasteiger partial charge on any atom is 0.303 e. The first-order chi connectivity index (χ1) is 23.4. The largest absolute Gasteiger partial charge is 0.481 e. The van der Waals surface area contributed by atoms with Crippen molar-refractivity contribution in [2.75, 3.05) is 9.80 Å². The predicted octanol–water partition coefficient (Wildman–Crippen LogP) is 10.3. The van der Waals surface area contributed by atoms with Gasteiger partial charge in [-0.1, -0.05) is 84.9 Å². The number of hydrogen-bond acceptors (Lipinski definition) is 4. The van der Waals surface area contributed by atoms with E-state index in [2.05, 4.69) is 82.6 Å². The molecule has 48 heavy (non-hydrogen) atoms. The van der Waals surface area contributed by atoms with Crippen LogP contribution in [0, 0.1) is 0 Å². The topological polar surface area (TPSA) is 81.1 Å². The molecular weight excluding hydrogens is 596 g/mol. The van der Waals surface area contributed by atoms with Gasteiger partial charge in [0.15, 0.2) is 0 Å². The van der Waals surface area contributed by atoms with Crippen molar-refractivity contribution >= 4 is 46.1 Å². The van der Waals surface area contributed by atoms with Gasteiger partial charge in [-0.25, -0.2) is 0 Å². The van der Waals surface area contributed by atoms with Crippen molar-refractivity contribution in [1.29, 1.82) is 0 Å². The second-order valence-electron chi connectivity index (χ2n) is 11.6. The molecular formula is C42H36N2O4. The normalized spacial score (nSPS) is 10.8. The standard InChI is InChI=1S/C42H36N2O4/c45-41(46)29-15-31-11-21-37(22-12-31)43(35-7-3-1-4-8-35)39-25-17-33(18-26-39)34-19-27-40(28-20-34)44(36-9-5-2-6-10-36)38-23-13-32(14-24-38)16-30-42(47)48/h1-14,17-28H,15-16,29-30H2,(H,45,46)(H,47,48). The van der Waals surface area contributed by atoms with Gasteiger partial charge >= 0.3 is 11.9 Å². The molecule has 0 saturated heterocycles. The lowest BCUT2D eigenvalue weighted by molar-refractivity contribution is -0.138. The van der Waals surface area contributed by atoms with Crippen LogP contribution >= 0.6 is 0 Å². The molecule has 0 aliphatic carbocycles. The van der Waals surface area contributed by atoms with E-state index in [0.29, 0.717) is 12.8 Å². The van der Waals surface area contributed by atoms with Crippen molar-refractivity contribution in [3.8, 4) is 11.1 Å². The van der Waals surface area contributed by atoms with Crippen molar-refractivity contribution in [3.05, 3.63) is 169 Å². The SMILES string of the molecule is O=C(O)CCc1ccc(N(c2ccccc2)c2ccc(-c3ccc(N(c4ccccc4)c4ccc(CCC(=O)O)cc4)cc3)cc2)cc1. The maximum atomic E-state index is 11.0. The van der Waals surface area contributed by atoms with Crippen LogP contribution in [-0.2, 0) is 22.4 Å². The zero-order valence-electron chi connectivity index (χ0n) is 26.4. The van der Waals surface area contributed by atoms with E-state index in [9.17, 15) is 9.59 Å². The van der Waals surface area contributed by atoms with Gasteiger partial charge in [-0.15, -0.1) is 0 Å². The highest BCUT2D eigenvalue weighted by Gasteiger charge is 2.15. The highest BCUT2D eigenvalue weighted by atomic mass is 16.4. The van der Waals surface area contributed by atoms with Gasteiger partial charge in [0.25, 0.3) is 0 Å². The Kier molecular flexibility index (Phi) is 9.92. The molecule has 0 aliphatic rings. The van der Waals surface area contributed by atoms with Gasteiger partial charge in [0.05, 0.1) is 0 Å². The molecule has 0 atom stereocenters. The second-order valence-corrected chi connectivity index (χ2v) is 11.6. The molecule has 0 aliphatic heterocycles. The van der Waals surface area contributed by atoms with E-state index in [1.165, 1.54) is 0 Å². The van der Waals surface area contributed by atoms with Crippen LogP contribution in [-0.4, -0.2) is 22.2 Å². The Hall–Kier alpha value is -6.14. The minimum Gasteiger partial charge on any atom is -0.481 e. The second kappa shape index (κ2) is 15.0. The zero-order chi connectivity index (χ0) is 33.3. The average molecular weight is 633 g/mol. The lowest BCUT2D eigenvalue weighted by Crippen LogP contribution is -2.10. The summed E-state index contributed by atoms with van der Waals surface area (Å²) in [6.07, 6.45) is 1.21. The molecule has 0 unspecified atom stereocenters. The Morgan fingerprint density at radius 3 is 0.938 bits per heavy atom. The summed E-state index contributed by atoms with van der Waals surface area (Å²) in [7, 11) is 0. The average Bonchev–Trinajstić information content (AvgIpc) is 3.13. The molecule has 0 radical (unpaired) electrons. The first kappa shape index (κ1) is 31.8. The summed E-state index contributed by atoms with van der Waals surface area (Å²) in [4.78, 5) is 26.5. The molecule has 6 heteroatoms. The molecule has 0 amide bonds. The van der Waals surface area contributed by atoms with E-state index in [0.717, 1.165) is 56.4 Å². The number of anilines is 6. The molecule has 6 nitrogen and oxygen atoms in total. The van der Waals surface area contributed by atoms with Crippen LogP contribution < -0.4 is 9.80 Å². The Morgan fingerprint density at radius 1 is 0.375 bits per heavy atom. The molecule has 0 saturated carbocycles. The Balaban J connectivity index is 1.25. The van der Waals surface area contributed by atoms with Crippen LogP contribution in [0.1, 0.15) is 24.0 Å². The third kappa shape index (κ3) is 7.80. The van der Waals surface area contributed by atoms with Crippen LogP contribution in [0.5, 0.6) is 0 Å². The molecule has 0 bridgehead atoms. The minimum atomic E-state index is -0.797. The summed E-state index contributed by atoms with van der Waals surface area (Å²) >= 11 is 0. The number of rotatable bonds is 13. The number of para-hydroxylation sites is 2. The monoisotopic (exact) mass is 632 g/mol. The number of aliphatic carboxylic acids is 2. The number of hydrogen-bond donors (Lipinski definition) is 2. The summed E-state index contributed by atoms with van der Waals surface area (Å²) in [5.74, 6) is -1.59. The number of carbonyl (C=O) groups is 2. The van der Waals surface area contributed by atoms with Crippen molar-refractivity contribution in [2.24, 2.45) is 0 Å². The van der Waals surface area contributed by atoms with Crippen LogP contribution in [0.15, 0.2) is 158 Å². The van der Waals surface area contributed by atoms with Gasteiger partial charge < -0.3 is 20.0 Å². The number of carboxylic acids is 2. The zero-order valence-corrected chi connectivity index (χ0v) is 26.4. The van der Waals surface area contributed by atoms with Gasteiger partial charge in [0, 0.05) is 47.0 Å². The van der Waals surface area contributed by atoms with E-state index in [1.807, 2.05) is 84.9 Å². The summed E-state index contributed by atoms with van der Waals surface area (Å²) < 4.78 is 0. The first-order valence-electron chi connectivity index (χ1n) is 16.0. The third-order valence-electron chi connectivity index (χ3n) is 8.26. The van der Waals surface area contributed by atoms with Crippen molar-refractivity contribution in [3.63, 3.8) is 0 Å². The number of aryl methyl sites for hydroxylation is 2. The molecule has 0 aromatic heterocycles. The van der Waals surface area contributed by atoms with Gasteiger partial charge in [-0.05, 0) is 108 Å². The van der Waals surface area contributed by atoms with E-state index < -0.39 is 11.9 Å². The number of benzene rings is 6. The van der Waals surface area contributed by atoms with E-state index in [1.54, 1.807) is 0 Å². The van der Waals surface area contributed by atoms with E-state index in [-0.39, 0.29) is 12.8 Å². The minimum absolute atomic E-state index is 0.109. The molecule has 238 valence electrons. The molecule has 2 N–H and O–H groups in total. The van der Waals surface area contributed by atoms with Crippen molar-refractivity contribution < 1.29 is 19.8 Å². The fraction of sp³-hybridized carbons (Fsp3) is 0.0952. The molecule has 0 heterocycles. The van der Waals surface area contributed by atoms with Crippen LogP contribution in [0.4, 0.5) is 34.1 Å². The molecule has 6 aromatic carbocycles. The molecule has 6 rings (SSSR count). The van der Waals surface area contributed by atoms with Gasteiger partial charge in [0.1, 0.15) is 0 Å². The quantitative estimate of drug-likeness (QED) is 0.132. The summed E-state index contributed by atoms with van der Waals surface area (Å²) in [6.45, 7) is 0. The van der Waals surface area contributed by atoms with E-state index >= 15 is 0 Å². The lowest BCUT2D eigenvalue weighted by atomic mass is 10.0. The fourth-order valence-corrected chi connectivity index (χ4v) is 5.78. The lowest BCUT2D eigenvalue weighted by Gasteiger charge is -2.26. The Bertz CT molecular complexity index is 1790. The highest BCUT2D eigenvalue weighted by molar-refractivity contribution is 5.81. The summed E-state index contributed by atoms with van der Waals surface area (Å²) in [5.41, 5.74) is 10.3. The van der Waals surface area contributed by atoms with Gasteiger partial charge in [-0.3, -0.25) is 9.59 Å². The first-order valence-corrected chi connectivity index (χ1v) is 16.0. The molecule has 6 aromatic rings. The van der Waals surface area contributed by atoms with Crippen molar-refractivity contribution in [1.82, 2.24) is 0 Å². The van der Waals surface area contributed by atoms with Crippen LogP contribution in [0.25, 0.3) is 11.1 Å². The van der Waals surface area contributed by atoms with Crippen molar-refractivity contribution in [2.45, 2.75) is 25.7 Å². The third-order valence-corrected chi connectivity index (χ3v) is 8.26. The Labute approximate surface area is 280 Å². The maximum absolute atomic E-state index is 11.0. The van der Waals surface area contributed by atoms with E-state index in [4.69, 9.17) is 10.2 Å². The fourth-order valence-electron chi connectivity index (χ4n) is 5.78. The summed E-state index contributed by atoms with van der Waals surface area (Å²) in [5, 5.41) is 18.1.